The number of hydrogen-bond donors (Lipinski definition) is 2. The van der Waals surface area contributed by atoms with Gasteiger partial charge < -0.3 is 10.6 Å². The molecule has 0 radical (unpaired) electrons. The molecule has 1 fully saturated rings. The van der Waals surface area contributed by atoms with Gasteiger partial charge in [-0.05, 0) is 40.5 Å². The van der Waals surface area contributed by atoms with Crippen molar-refractivity contribution in [2.45, 2.75) is 12.8 Å². The average Bonchev–Trinajstić information content (AvgIpc) is 2.41. The van der Waals surface area contributed by atoms with Gasteiger partial charge in [-0.1, -0.05) is 0 Å². The fraction of sp³-hybridized carbons (Fsp3) is 0.308. The molecule has 98 valence electrons. The van der Waals surface area contributed by atoms with Crippen molar-refractivity contribution >= 4 is 33.4 Å². The normalized spacial score (nSPS) is 18.3. The molecule has 1 aliphatic rings. The van der Waals surface area contributed by atoms with Crippen molar-refractivity contribution < 1.29 is 9.59 Å². The number of anilines is 1. The molecule has 6 heteroatoms. The molecule has 0 spiro atoms. The van der Waals surface area contributed by atoms with Crippen molar-refractivity contribution in [1.82, 2.24) is 5.32 Å². The summed E-state index contributed by atoms with van der Waals surface area (Å²) in [5.74, 6) is -0.339. The van der Waals surface area contributed by atoms with E-state index in [0.717, 1.165) is 0 Å². The van der Waals surface area contributed by atoms with E-state index < -0.39 is 0 Å². The molecule has 0 saturated carbocycles. The summed E-state index contributed by atoms with van der Waals surface area (Å²) in [5, 5.41) is 14.2. The molecule has 1 aromatic rings. The summed E-state index contributed by atoms with van der Waals surface area (Å²) in [4.78, 5) is 23.1. The first-order valence-corrected chi connectivity index (χ1v) is 6.66. The molecule has 2 N–H and O–H groups in total. The quantitative estimate of drug-likeness (QED) is 0.871. The minimum absolute atomic E-state index is 0.0106. The van der Waals surface area contributed by atoms with Crippen LogP contribution in [-0.4, -0.2) is 18.4 Å². The van der Waals surface area contributed by atoms with E-state index in [2.05, 4.69) is 26.6 Å². The van der Waals surface area contributed by atoms with Crippen molar-refractivity contribution in [3.63, 3.8) is 0 Å². The Hall–Kier alpha value is -1.87. The topological polar surface area (TPSA) is 82.0 Å². The maximum atomic E-state index is 12.0. The van der Waals surface area contributed by atoms with Crippen LogP contribution in [0.5, 0.6) is 0 Å². The van der Waals surface area contributed by atoms with Gasteiger partial charge in [0.1, 0.15) is 0 Å². The lowest BCUT2D eigenvalue weighted by Crippen LogP contribution is -2.40. The highest BCUT2D eigenvalue weighted by Crippen LogP contribution is 2.24. The second kappa shape index (κ2) is 5.85. The summed E-state index contributed by atoms with van der Waals surface area (Å²) < 4.78 is 0.666. The number of carbonyl (C=O) groups is 2. The van der Waals surface area contributed by atoms with Gasteiger partial charge in [0.2, 0.25) is 11.8 Å². The second-order valence-corrected chi connectivity index (χ2v) is 5.19. The predicted octanol–water partition coefficient (Wildman–Crippen LogP) is 1.79. The highest BCUT2D eigenvalue weighted by Gasteiger charge is 2.24. The van der Waals surface area contributed by atoms with Crippen LogP contribution in [0.1, 0.15) is 18.4 Å². The Bertz CT molecular complexity index is 555. The van der Waals surface area contributed by atoms with Gasteiger partial charge >= 0.3 is 0 Å². The molecule has 1 heterocycles. The van der Waals surface area contributed by atoms with Crippen molar-refractivity contribution in [3.05, 3.63) is 28.2 Å². The molecule has 2 amide bonds. The summed E-state index contributed by atoms with van der Waals surface area (Å²) in [6.45, 7) is 0.374. The van der Waals surface area contributed by atoms with Gasteiger partial charge in [0.25, 0.3) is 0 Å². The van der Waals surface area contributed by atoms with Crippen molar-refractivity contribution in [3.8, 4) is 6.07 Å². The Morgan fingerprint density at radius 1 is 1.53 bits per heavy atom. The highest BCUT2D eigenvalue weighted by atomic mass is 79.9. The lowest BCUT2D eigenvalue weighted by atomic mass is 9.98. The third kappa shape index (κ3) is 3.32. The molecule has 1 atom stereocenters. The van der Waals surface area contributed by atoms with E-state index in [0.29, 0.717) is 35.1 Å². The monoisotopic (exact) mass is 321 g/mol. The van der Waals surface area contributed by atoms with E-state index in [1.165, 1.54) is 0 Å². The van der Waals surface area contributed by atoms with Crippen LogP contribution < -0.4 is 10.6 Å². The van der Waals surface area contributed by atoms with Crippen LogP contribution in [0.2, 0.25) is 0 Å². The number of benzene rings is 1. The third-order valence-electron chi connectivity index (χ3n) is 2.99. The number of nitriles is 1. The largest absolute Gasteiger partial charge is 0.355 e. The summed E-state index contributed by atoms with van der Waals surface area (Å²) in [6, 6.07) is 7.00. The van der Waals surface area contributed by atoms with Crippen LogP contribution >= 0.6 is 15.9 Å². The highest BCUT2D eigenvalue weighted by molar-refractivity contribution is 9.10. The fourth-order valence-corrected chi connectivity index (χ4v) is 2.36. The number of hydrogen-bond acceptors (Lipinski definition) is 3. The van der Waals surface area contributed by atoms with E-state index in [-0.39, 0.29) is 17.7 Å². The molecule has 19 heavy (non-hydrogen) atoms. The van der Waals surface area contributed by atoms with Crippen LogP contribution in [-0.2, 0) is 9.59 Å². The fourth-order valence-electron chi connectivity index (χ4n) is 1.88. The zero-order valence-corrected chi connectivity index (χ0v) is 11.7. The van der Waals surface area contributed by atoms with Gasteiger partial charge in [-0.2, -0.15) is 5.26 Å². The summed E-state index contributed by atoms with van der Waals surface area (Å²) in [6.07, 6.45) is 0.943. The first-order chi connectivity index (χ1) is 9.10. The standard InChI is InChI=1S/C13H12BrN3O2/c14-10-5-8(6-15)1-3-11(10)17-13(19)9-2-4-12(18)16-7-9/h1,3,5,9H,2,4,7H2,(H,16,18)(H,17,19). The van der Waals surface area contributed by atoms with Gasteiger partial charge in [-0.25, -0.2) is 0 Å². The van der Waals surface area contributed by atoms with Crippen LogP contribution in [0.25, 0.3) is 0 Å². The average molecular weight is 322 g/mol. The van der Waals surface area contributed by atoms with Crippen LogP contribution in [0.15, 0.2) is 22.7 Å². The Labute approximate surface area is 119 Å². The number of amides is 2. The van der Waals surface area contributed by atoms with Crippen LogP contribution in [0.4, 0.5) is 5.69 Å². The smallest absolute Gasteiger partial charge is 0.229 e. The maximum absolute atomic E-state index is 12.0. The first kappa shape index (κ1) is 13.6. The zero-order chi connectivity index (χ0) is 13.8. The summed E-state index contributed by atoms with van der Waals surface area (Å²) >= 11 is 3.31. The maximum Gasteiger partial charge on any atom is 0.229 e. The molecular formula is C13H12BrN3O2. The van der Waals surface area contributed by atoms with Gasteiger partial charge in [0, 0.05) is 17.4 Å². The molecule has 1 aromatic carbocycles. The SMILES string of the molecule is N#Cc1ccc(NC(=O)C2CCC(=O)NC2)c(Br)c1. The Balaban J connectivity index is 2.03. The van der Waals surface area contributed by atoms with Gasteiger partial charge in [0.15, 0.2) is 0 Å². The molecule has 0 aromatic heterocycles. The van der Waals surface area contributed by atoms with E-state index in [1.54, 1.807) is 18.2 Å². The number of nitrogens with one attached hydrogen (secondary N) is 2. The number of rotatable bonds is 2. The minimum atomic E-state index is -0.208. The van der Waals surface area contributed by atoms with E-state index >= 15 is 0 Å². The minimum Gasteiger partial charge on any atom is -0.355 e. The van der Waals surface area contributed by atoms with Crippen LogP contribution in [0.3, 0.4) is 0 Å². The number of piperidine rings is 1. The zero-order valence-electron chi connectivity index (χ0n) is 10.1. The first-order valence-electron chi connectivity index (χ1n) is 5.87. The van der Waals surface area contributed by atoms with E-state index in [9.17, 15) is 9.59 Å². The molecule has 1 aliphatic heterocycles. The number of nitrogens with zero attached hydrogens (tertiary/aromatic N) is 1. The lowest BCUT2D eigenvalue weighted by Gasteiger charge is -2.21. The molecule has 1 unspecified atom stereocenters. The predicted molar refractivity (Wildman–Crippen MR) is 73.2 cm³/mol. The van der Waals surface area contributed by atoms with Crippen molar-refractivity contribution in [1.29, 1.82) is 5.26 Å². The molecule has 1 saturated heterocycles. The second-order valence-electron chi connectivity index (χ2n) is 4.34. The van der Waals surface area contributed by atoms with E-state index in [4.69, 9.17) is 5.26 Å². The van der Waals surface area contributed by atoms with E-state index in [1.807, 2.05) is 6.07 Å². The Morgan fingerprint density at radius 2 is 2.32 bits per heavy atom. The van der Waals surface area contributed by atoms with Gasteiger partial charge in [-0.15, -0.1) is 0 Å². The molecule has 0 aliphatic carbocycles. The number of halogens is 1. The molecule has 2 rings (SSSR count). The third-order valence-corrected chi connectivity index (χ3v) is 3.65. The Morgan fingerprint density at radius 3 is 2.89 bits per heavy atom. The molecule has 0 bridgehead atoms. The van der Waals surface area contributed by atoms with Gasteiger partial charge in [-0.3, -0.25) is 9.59 Å². The Kier molecular flexibility index (Phi) is 4.17. The van der Waals surface area contributed by atoms with Crippen molar-refractivity contribution in [2.75, 3.05) is 11.9 Å². The van der Waals surface area contributed by atoms with Gasteiger partial charge in [0.05, 0.1) is 23.2 Å². The van der Waals surface area contributed by atoms with Crippen molar-refractivity contribution in [2.24, 2.45) is 5.92 Å². The summed E-state index contributed by atoms with van der Waals surface area (Å²) in [7, 11) is 0. The lowest BCUT2D eigenvalue weighted by molar-refractivity contribution is -0.126. The number of carbonyl (C=O) groups excluding carboxylic acids is 2. The molecular weight excluding hydrogens is 310 g/mol. The summed E-state index contributed by atoms with van der Waals surface area (Å²) in [5.41, 5.74) is 1.15. The van der Waals surface area contributed by atoms with Crippen LogP contribution in [0, 0.1) is 17.2 Å². The molecule has 5 nitrogen and oxygen atoms in total.